The third kappa shape index (κ3) is 3.78. The standard InChI is InChI=1S/C19H15ClF3N5O2/c1-2-27-15(5-6-24-27)12-9-25-28-17(29)8-14(26-18(12)28)11-3-4-13(20)16(7-11)30-10-19(21,22)23/h3-9,25H,2,10H2,1H3. The molecule has 1 aromatic carbocycles. The zero-order valence-corrected chi connectivity index (χ0v) is 16.3. The molecule has 30 heavy (non-hydrogen) atoms. The first-order valence-corrected chi connectivity index (χ1v) is 9.27. The summed E-state index contributed by atoms with van der Waals surface area (Å²) in [6, 6.07) is 7.37. The zero-order valence-electron chi connectivity index (χ0n) is 15.6. The van der Waals surface area contributed by atoms with Crippen molar-refractivity contribution in [2.45, 2.75) is 19.6 Å². The van der Waals surface area contributed by atoms with Gasteiger partial charge in [0.25, 0.3) is 5.56 Å². The minimum Gasteiger partial charge on any atom is -0.483 e. The van der Waals surface area contributed by atoms with Gasteiger partial charge < -0.3 is 4.74 Å². The molecule has 0 radical (unpaired) electrons. The average Bonchev–Trinajstić information content (AvgIpc) is 3.32. The minimum absolute atomic E-state index is 0.0231. The van der Waals surface area contributed by atoms with Crippen LogP contribution in [0.5, 0.6) is 5.75 Å². The summed E-state index contributed by atoms with van der Waals surface area (Å²) < 4.78 is 45.3. The maximum atomic E-state index is 12.6. The van der Waals surface area contributed by atoms with Gasteiger partial charge in [-0.1, -0.05) is 17.7 Å². The molecule has 156 valence electrons. The number of fused-ring (bicyclic) bond motifs is 1. The molecule has 11 heteroatoms. The molecule has 0 atom stereocenters. The number of aromatic amines is 1. The molecule has 4 aromatic rings. The molecule has 3 aromatic heterocycles. The van der Waals surface area contributed by atoms with Gasteiger partial charge in [0.15, 0.2) is 12.3 Å². The highest BCUT2D eigenvalue weighted by molar-refractivity contribution is 6.32. The molecular weight excluding hydrogens is 423 g/mol. The van der Waals surface area contributed by atoms with Gasteiger partial charge in [-0.25, -0.2) is 9.50 Å². The molecule has 7 nitrogen and oxygen atoms in total. The predicted molar refractivity (Wildman–Crippen MR) is 105 cm³/mol. The molecule has 0 spiro atoms. The summed E-state index contributed by atoms with van der Waals surface area (Å²) in [5.41, 5.74) is 2.09. The first-order valence-electron chi connectivity index (χ1n) is 8.89. The number of rotatable bonds is 5. The molecule has 0 saturated heterocycles. The lowest BCUT2D eigenvalue weighted by molar-refractivity contribution is -0.153. The Balaban J connectivity index is 1.80. The van der Waals surface area contributed by atoms with Crippen molar-refractivity contribution >= 4 is 17.2 Å². The summed E-state index contributed by atoms with van der Waals surface area (Å²) in [5, 5.41) is 7.11. The van der Waals surface area contributed by atoms with Crippen LogP contribution in [0.25, 0.3) is 28.2 Å². The summed E-state index contributed by atoms with van der Waals surface area (Å²) >= 11 is 5.95. The van der Waals surface area contributed by atoms with Crippen LogP contribution in [-0.4, -0.2) is 37.2 Å². The third-order valence-electron chi connectivity index (χ3n) is 4.41. The van der Waals surface area contributed by atoms with E-state index in [1.54, 1.807) is 29.2 Å². The van der Waals surface area contributed by atoms with Crippen molar-refractivity contribution in [3.63, 3.8) is 0 Å². The number of halogens is 4. The van der Waals surface area contributed by atoms with E-state index < -0.39 is 12.8 Å². The van der Waals surface area contributed by atoms with Crippen molar-refractivity contribution in [2.75, 3.05) is 6.61 Å². The van der Waals surface area contributed by atoms with Gasteiger partial charge >= 0.3 is 6.18 Å². The number of ether oxygens (including phenoxy) is 1. The molecule has 0 aliphatic carbocycles. The van der Waals surface area contributed by atoms with E-state index in [0.29, 0.717) is 23.3 Å². The quantitative estimate of drug-likeness (QED) is 0.508. The lowest BCUT2D eigenvalue weighted by Gasteiger charge is -2.12. The molecule has 0 bridgehead atoms. The van der Waals surface area contributed by atoms with Crippen LogP contribution in [-0.2, 0) is 6.54 Å². The number of alkyl halides is 3. The molecule has 3 heterocycles. The maximum absolute atomic E-state index is 12.6. The Bertz CT molecular complexity index is 1280. The lowest BCUT2D eigenvalue weighted by Crippen LogP contribution is -2.19. The van der Waals surface area contributed by atoms with E-state index in [2.05, 4.69) is 15.2 Å². The SMILES string of the molecule is CCn1nccc1-c1c[nH]n2c(=O)cc(-c3ccc(Cl)c(OCC(F)(F)F)c3)nc12. The molecule has 0 aliphatic heterocycles. The normalized spacial score (nSPS) is 11.9. The fourth-order valence-corrected chi connectivity index (χ4v) is 3.24. The third-order valence-corrected chi connectivity index (χ3v) is 4.72. The molecular formula is C19H15ClF3N5O2. The molecule has 0 aliphatic rings. The van der Waals surface area contributed by atoms with Crippen molar-refractivity contribution in [3.05, 3.63) is 58.1 Å². The highest BCUT2D eigenvalue weighted by Gasteiger charge is 2.29. The van der Waals surface area contributed by atoms with Gasteiger partial charge in [-0.15, -0.1) is 0 Å². The Kier molecular flexibility index (Phi) is 5.02. The number of hydrogen-bond donors (Lipinski definition) is 1. The van der Waals surface area contributed by atoms with Crippen LogP contribution in [0.15, 0.2) is 47.5 Å². The van der Waals surface area contributed by atoms with Crippen LogP contribution in [0.2, 0.25) is 5.02 Å². The van der Waals surface area contributed by atoms with Gasteiger partial charge in [-0.2, -0.15) is 18.3 Å². The highest BCUT2D eigenvalue weighted by atomic mass is 35.5. The molecule has 1 N–H and O–H groups in total. The number of nitrogens with zero attached hydrogens (tertiary/aromatic N) is 4. The first-order chi connectivity index (χ1) is 14.3. The van der Waals surface area contributed by atoms with E-state index >= 15 is 0 Å². The van der Waals surface area contributed by atoms with Gasteiger partial charge in [0.2, 0.25) is 0 Å². The van der Waals surface area contributed by atoms with Crippen LogP contribution < -0.4 is 10.3 Å². The molecule has 0 amide bonds. The monoisotopic (exact) mass is 437 g/mol. The van der Waals surface area contributed by atoms with Crippen molar-refractivity contribution in [1.82, 2.24) is 24.4 Å². The Hall–Kier alpha value is -3.27. The highest BCUT2D eigenvalue weighted by Crippen LogP contribution is 2.32. The summed E-state index contributed by atoms with van der Waals surface area (Å²) in [6.07, 6.45) is -1.21. The number of benzene rings is 1. The van der Waals surface area contributed by atoms with Crippen molar-refractivity contribution in [3.8, 4) is 28.3 Å². The number of aromatic nitrogens is 5. The van der Waals surface area contributed by atoms with Crippen LogP contribution in [0.4, 0.5) is 13.2 Å². The Morgan fingerprint density at radius 3 is 2.77 bits per heavy atom. The predicted octanol–water partition coefficient (Wildman–Crippen LogP) is 4.17. The van der Waals surface area contributed by atoms with Crippen molar-refractivity contribution in [2.24, 2.45) is 0 Å². The minimum atomic E-state index is -4.50. The summed E-state index contributed by atoms with van der Waals surface area (Å²) in [4.78, 5) is 17.1. The van der Waals surface area contributed by atoms with Gasteiger partial charge in [0.05, 0.1) is 22.0 Å². The van der Waals surface area contributed by atoms with E-state index in [9.17, 15) is 18.0 Å². The van der Waals surface area contributed by atoms with E-state index in [1.807, 2.05) is 6.92 Å². The number of aryl methyl sites for hydroxylation is 1. The second kappa shape index (κ2) is 7.52. The molecule has 0 saturated carbocycles. The van der Waals surface area contributed by atoms with Crippen LogP contribution in [0.3, 0.4) is 0 Å². The van der Waals surface area contributed by atoms with E-state index in [4.69, 9.17) is 16.3 Å². The van der Waals surface area contributed by atoms with Gasteiger partial charge in [-0.05, 0) is 25.1 Å². The second-order valence-electron chi connectivity index (χ2n) is 6.41. The first kappa shape index (κ1) is 20.0. The fourth-order valence-electron chi connectivity index (χ4n) is 3.06. The molecule has 0 fully saturated rings. The topological polar surface area (TPSA) is 77.2 Å². The largest absolute Gasteiger partial charge is 0.483 e. The lowest BCUT2D eigenvalue weighted by atomic mass is 10.1. The second-order valence-corrected chi connectivity index (χ2v) is 6.81. The van der Waals surface area contributed by atoms with Crippen molar-refractivity contribution in [1.29, 1.82) is 0 Å². The Morgan fingerprint density at radius 1 is 1.23 bits per heavy atom. The van der Waals surface area contributed by atoms with Crippen LogP contribution in [0.1, 0.15) is 6.92 Å². The van der Waals surface area contributed by atoms with Gasteiger partial charge in [-0.3, -0.25) is 14.6 Å². The van der Waals surface area contributed by atoms with Crippen LogP contribution >= 0.6 is 11.6 Å². The smallest absolute Gasteiger partial charge is 0.422 e. The fraction of sp³-hybridized carbons (Fsp3) is 0.211. The average molecular weight is 438 g/mol. The number of hydrogen-bond acceptors (Lipinski definition) is 4. The number of nitrogens with one attached hydrogen (secondary N) is 1. The molecule has 0 unspecified atom stereocenters. The summed E-state index contributed by atoms with van der Waals surface area (Å²) in [6.45, 7) is 1.08. The van der Waals surface area contributed by atoms with E-state index in [1.165, 1.54) is 22.7 Å². The summed E-state index contributed by atoms with van der Waals surface area (Å²) in [7, 11) is 0. The number of H-pyrrole nitrogens is 1. The molecule has 4 rings (SSSR count). The van der Waals surface area contributed by atoms with E-state index in [0.717, 1.165) is 5.69 Å². The summed E-state index contributed by atoms with van der Waals surface area (Å²) in [5.74, 6) is -0.146. The van der Waals surface area contributed by atoms with Gasteiger partial charge in [0, 0.05) is 30.6 Å². The van der Waals surface area contributed by atoms with Gasteiger partial charge in [0.1, 0.15) is 5.75 Å². The van der Waals surface area contributed by atoms with E-state index in [-0.39, 0.29) is 22.0 Å². The van der Waals surface area contributed by atoms with Crippen molar-refractivity contribution < 1.29 is 17.9 Å². The Labute approximate surface area is 172 Å². The van der Waals surface area contributed by atoms with Crippen LogP contribution in [0, 0.1) is 0 Å². The maximum Gasteiger partial charge on any atom is 0.422 e. The Morgan fingerprint density at radius 2 is 2.03 bits per heavy atom. The zero-order chi connectivity index (χ0) is 21.5.